The highest BCUT2D eigenvalue weighted by atomic mass is 16.6. The molecule has 0 unspecified atom stereocenters. The Balaban J connectivity index is 1.57. The Morgan fingerprint density at radius 1 is 1.02 bits per heavy atom. The summed E-state index contributed by atoms with van der Waals surface area (Å²) < 4.78 is 12.2. The van der Waals surface area contributed by atoms with Gasteiger partial charge in [0.1, 0.15) is 23.7 Å². The van der Waals surface area contributed by atoms with Crippen molar-refractivity contribution >= 4 is 29.4 Å². The van der Waals surface area contributed by atoms with E-state index in [4.69, 9.17) is 9.47 Å². The van der Waals surface area contributed by atoms with Crippen molar-refractivity contribution in [3.05, 3.63) is 53.6 Å². The van der Waals surface area contributed by atoms with E-state index >= 15 is 0 Å². The van der Waals surface area contributed by atoms with Gasteiger partial charge in [-0.05, 0) is 51.2 Å². The SMILES string of the molecule is Cc1cccc(C)c1N1C/C=C\CCC(=O)NC[C@H](C)OC(=O)[C@@H]2[C@H]3C(=O)N(CCCCCCO)[C@H](C1=O)[C@]31C=C[C@H]2O1. The first-order chi connectivity index (χ1) is 20.7. The van der Waals surface area contributed by atoms with Crippen molar-refractivity contribution in [1.29, 1.82) is 0 Å². The average molecular weight is 594 g/mol. The van der Waals surface area contributed by atoms with Crippen LogP contribution in [0.3, 0.4) is 0 Å². The van der Waals surface area contributed by atoms with Gasteiger partial charge in [0, 0.05) is 31.8 Å². The number of para-hydroxylation sites is 1. The first-order valence-electron chi connectivity index (χ1n) is 15.5. The standard InChI is InChI=1S/C33H43N3O7/c1-21-12-11-13-22(2)28(21)35-17-9-6-7-14-25(38)34-20-23(3)42-32(41)26-24-15-16-33(43-24)27(26)30(39)36(29(33)31(35)40)18-8-4-5-10-19-37/h6,9,11-13,15-16,23-24,26-27,29,37H,4-5,7-8,10,14,17-20H2,1-3H3,(H,34,38)/b9-6-/t23-,24+,26-,27-,29+,33-/m0/s1. The number of aliphatic hydroxyl groups is 1. The highest BCUT2D eigenvalue weighted by molar-refractivity contribution is 6.06. The van der Waals surface area contributed by atoms with Crippen molar-refractivity contribution in [3.8, 4) is 0 Å². The van der Waals surface area contributed by atoms with Gasteiger partial charge in [0.2, 0.25) is 11.8 Å². The van der Waals surface area contributed by atoms with E-state index in [1.807, 2.05) is 50.3 Å². The van der Waals surface area contributed by atoms with Crippen LogP contribution in [0.25, 0.3) is 0 Å². The molecule has 2 fully saturated rings. The lowest BCUT2D eigenvalue weighted by atomic mass is 9.74. The average Bonchev–Trinajstić information content (AvgIpc) is 3.61. The monoisotopic (exact) mass is 593 g/mol. The van der Waals surface area contributed by atoms with Gasteiger partial charge in [-0.1, -0.05) is 55.3 Å². The van der Waals surface area contributed by atoms with Gasteiger partial charge in [-0.3, -0.25) is 19.2 Å². The molecule has 4 heterocycles. The zero-order valence-corrected chi connectivity index (χ0v) is 25.3. The number of likely N-dealkylation sites (tertiary alicyclic amines) is 1. The number of carbonyl (C=O) groups excluding carboxylic acids is 4. The fraction of sp³-hybridized carbons (Fsp3) is 0.576. The number of allylic oxidation sites excluding steroid dienone is 1. The molecule has 3 amide bonds. The Morgan fingerprint density at radius 3 is 2.51 bits per heavy atom. The van der Waals surface area contributed by atoms with E-state index < -0.39 is 41.7 Å². The molecule has 1 spiro atoms. The quantitative estimate of drug-likeness (QED) is 0.283. The molecule has 232 valence electrons. The lowest BCUT2D eigenvalue weighted by Crippen LogP contribution is -2.56. The Labute approximate surface area is 253 Å². The predicted octanol–water partition coefficient (Wildman–Crippen LogP) is 2.74. The second-order valence-corrected chi connectivity index (χ2v) is 12.1. The van der Waals surface area contributed by atoms with E-state index in [-0.39, 0.29) is 43.8 Å². The Bertz CT molecular complexity index is 1290. The number of hydrogen-bond acceptors (Lipinski definition) is 7. The van der Waals surface area contributed by atoms with E-state index in [9.17, 15) is 24.3 Å². The van der Waals surface area contributed by atoms with Gasteiger partial charge in [0.15, 0.2) is 0 Å². The van der Waals surface area contributed by atoms with Crippen LogP contribution in [-0.2, 0) is 28.7 Å². The maximum atomic E-state index is 14.9. The van der Waals surface area contributed by atoms with Crippen molar-refractivity contribution in [3.63, 3.8) is 0 Å². The Morgan fingerprint density at radius 2 is 1.77 bits per heavy atom. The summed E-state index contributed by atoms with van der Waals surface area (Å²) in [5.74, 6) is -3.07. The topological polar surface area (TPSA) is 125 Å². The molecule has 5 bridgehead atoms. The van der Waals surface area contributed by atoms with Crippen molar-refractivity contribution < 1.29 is 33.8 Å². The molecule has 1 aromatic carbocycles. The second kappa shape index (κ2) is 13.0. The van der Waals surface area contributed by atoms with E-state index in [1.165, 1.54) is 0 Å². The summed E-state index contributed by atoms with van der Waals surface area (Å²) >= 11 is 0. The van der Waals surface area contributed by atoms with Gasteiger partial charge in [0.05, 0.1) is 18.6 Å². The third-order valence-electron chi connectivity index (χ3n) is 9.06. The number of cyclic esters (lactones) is 1. The zero-order chi connectivity index (χ0) is 30.7. The molecular formula is C33H43N3O7. The first kappa shape index (κ1) is 30.9. The number of esters is 1. The van der Waals surface area contributed by atoms with Crippen molar-refractivity contribution in [2.45, 2.75) is 83.1 Å². The van der Waals surface area contributed by atoms with Gasteiger partial charge >= 0.3 is 5.97 Å². The number of rotatable bonds is 7. The molecular weight excluding hydrogens is 550 g/mol. The summed E-state index contributed by atoms with van der Waals surface area (Å²) in [5, 5.41) is 12.0. The third-order valence-corrected chi connectivity index (χ3v) is 9.06. The summed E-state index contributed by atoms with van der Waals surface area (Å²) in [7, 11) is 0. The molecule has 0 aliphatic carbocycles. The van der Waals surface area contributed by atoms with E-state index in [0.717, 1.165) is 29.7 Å². The van der Waals surface area contributed by atoms with Crippen LogP contribution in [0, 0.1) is 25.7 Å². The molecule has 10 heteroatoms. The molecule has 43 heavy (non-hydrogen) atoms. The summed E-state index contributed by atoms with van der Waals surface area (Å²) in [6.07, 6.45) is 9.78. The molecule has 10 nitrogen and oxygen atoms in total. The lowest BCUT2D eigenvalue weighted by Gasteiger charge is -2.36. The highest BCUT2D eigenvalue weighted by Crippen LogP contribution is 2.56. The number of anilines is 1. The number of amides is 3. The predicted molar refractivity (Wildman–Crippen MR) is 160 cm³/mol. The van der Waals surface area contributed by atoms with Crippen LogP contribution in [0.2, 0.25) is 0 Å². The van der Waals surface area contributed by atoms with E-state index in [0.29, 0.717) is 25.8 Å². The van der Waals surface area contributed by atoms with Crippen LogP contribution in [-0.4, -0.2) is 83.8 Å². The lowest BCUT2D eigenvalue weighted by molar-refractivity contribution is -0.158. The minimum atomic E-state index is -1.29. The van der Waals surface area contributed by atoms with Crippen LogP contribution in [0.4, 0.5) is 5.69 Å². The number of nitrogens with zero attached hydrogens (tertiary/aromatic N) is 2. The van der Waals surface area contributed by atoms with E-state index in [2.05, 4.69) is 5.32 Å². The minimum absolute atomic E-state index is 0.110. The first-order valence-corrected chi connectivity index (χ1v) is 15.5. The Hall–Kier alpha value is -3.50. The van der Waals surface area contributed by atoms with Crippen LogP contribution in [0.15, 0.2) is 42.5 Å². The second-order valence-electron chi connectivity index (χ2n) is 12.1. The van der Waals surface area contributed by atoms with Gasteiger partial charge in [-0.25, -0.2) is 0 Å². The number of unbranched alkanes of at least 4 members (excludes halogenated alkanes) is 3. The van der Waals surface area contributed by atoms with Crippen molar-refractivity contribution in [2.75, 3.05) is 31.1 Å². The third kappa shape index (κ3) is 5.87. The number of aliphatic hydroxyl groups excluding tert-OH is 1. The van der Waals surface area contributed by atoms with E-state index in [1.54, 1.807) is 22.8 Å². The molecule has 2 saturated heterocycles. The summed E-state index contributed by atoms with van der Waals surface area (Å²) in [6, 6.07) is 4.89. The maximum Gasteiger partial charge on any atom is 0.313 e. The Kier molecular flexibility index (Phi) is 9.36. The number of aryl methyl sites for hydroxylation is 2. The van der Waals surface area contributed by atoms with Crippen LogP contribution >= 0.6 is 0 Å². The number of carbonyl (C=O) groups is 4. The largest absolute Gasteiger partial charge is 0.460 e. The highest BCUT2D eigenvalue weighted by Gasteiger charge is 2.73. The minimum Gasteiger partial charge on any atom is -0.460 e. The van der Waals surface area contributed by atoms with Crippen LogP contribution < -0.4 is 10.2 Å². The number of benzene rings is 1. The van der Waals surface area contributed by atoms with Crippen LogP contribution in [0.5, 0.6) is 0 Å². The summed E-state index contributed by atoms with van der Waals surface area (Å²) in [5.41, 5.74) is 1.31. The molecule has 5 rings (SSSR count). The normalized spacial score (nSPS) is 31.8. The number of nitrogens with one attached hydrogen (secondary N) is 1. The fourth-order valence-electron chi connectivity index (χ4n) is 7.05. The van der Waals surface area contributed by atoms with Gasteiger partial charge in [0.25, 0.3) is 5.91 Å². The molecule has 0 aromatic heterocycles. The number of fused-ring (bicyclic) bond motifs is 2. The fourth-order valence-corrected chi connectivity index (χ4v) is 7.05. The molecule has 1 aromatic rings. The van der Waals surface area contributed by atoms with Crippen molar-refractivity contribution in [1.82, 2.24) is 10.2 Å². The molecule has 6 atom stereocenters. The smallest absolute Gasteiger partial charge is 0.313 e. The maximum absolute atomic E-state index is 14.9. The molecule has 0 saturated carbocycles. The molecule has 4 aliphatic rings. The van der Waals surface area contributed by atoms with Gasteiger partial charge in [-0.15, -0.1) is 0 Å². The number of ether oxygens (including phenoxy) is 2. The summed E-state index contributed by atoms with van der Waals surface area (Å²) in [6.45, 7) is 6.47. The zero-order valence-electron chi connectivity index (χ0n) is 25.3. The number of hydrogen-bond donors (Lipinski definition) is 2. The molecule has 4 aliphatic heterocycles. The molecule has 2 N–H and O–H groups in total. The van der Waals surface area contributed by atoms with Gasteiger partial charge < -0.3 is 29.7 Å². The summed E-state index contributed by atoms with van der Waals surface area (Å²) in [4.78, 5) is 58.4. The van der Waals surface area contributed by atoms with Gasteiger partial charge in [-0.2, -0.15) is 0 Å². The van der Waals surface area contributed by atoms with Crippen LogP contribution in [0.1, 0.15) is 56.6 Å². The van der Waals surface area contributed by atoms with Crippen molar-refractivity contribution in [2.24, 2.45) is 11.8 Å². The molecule has 0 radical (unpaired) electrons.